The van der Waals surface area contributed by atoms with Crippen LogP contribution in [0.2, 0.25) is 0 Å². The first-order valence-corrected chi connectivity index (χ1v) is 6.04. The minimum Gasteiger partial charge on any atom is -0.490 e. The van der Waals surface area contributed by atoms with Gasteiger partial charge < -0.3 is 9.84 Å². The topological polar surface area (TPSA) is 72.3 Å². The third-order valence-electron chi connectivity index (χ3n) is 2.89. The van der Waals surface area contributed by atoms with Gasteiger partial charge in [-0.1, -0.05) is 0 Å². The molecule has 0 atom stereocenters. The summed E-state index contributed by atoms with van der Waals surface area (Å²) in [7, 11) is 0. The average Bonchev–Trinajstić information content (AvgIpc) is 3.23. The Morgan fingerprint density at radius 3 is 2.79 bits per heavy atom. The van der Waals surface area contributed by atoms with Crippen molar-refractivity contribution in [3.05, 3.63) is 42.4 Å². The van der Waals surface area contributed by atoms with Crippen LogP contribution in [0.15, 0.2) is 36.8 Å². The molecule has 1 aromatic heterocycles. The quantitative estimate of drug-likeness (QED) is 0.909. The molecule has 0 radical (unpaired) electrons. The van der Waals surface area contributed by atoms with Crippen LogP contribution >= 0.6 is 0 Å². The molecule has 1 saturated carbocycles. The Balaban J connectivity index is 2.04. The molecule has 96 valence electrons. The summed E-state index contributed by atoms with van der Waals surface area (Å²) in [5.41, 5.74) is 1.66. The van der Waals surface area contributed by atoms with Gasteiger partial charge in [0.2, 0.25) is 0 Å². The maximum absolute atomic E-state index is 11.0. The highest BCUT2D eigenvalue weighted by Gasteiger charge is 2.25. The molecule has 2 aromatic rings. The Labute approximate surface area is 109 Å². The van der Waals surface area contributed by atoms with Crippen LogP contribution in [0.1, 0.15) is 23.2 Å². The third kappa shape index (κ3) is 2.54. The van der Waals surface area contributed by atoms with E-state index in [9.17, 15) is 4.79 Å². The molecule has 1 N–H and O–H groups in total. The fourth-order valence-corrected chi connectivity index (χ4v) is 1.77. The fourth-order valence-electron chi connectivity index (χ4n) is 1.77. The first-order valence-electron chi connectivity index (χ1n) is 6.04. The van der Waals surface area contributed by atoms with Crippen LogP contribution in [0.3, 0.4) is 0 Å². The number of carboxylic acid groups (broad SMARTS) is 1. The van der Waals surface area contributed by atoms with Gasteiger partial charge in [0.05, 0.1) is 23.6 Å². The Morgan fingerprint density at radius 1 is 1.32 bits per heavy atom. The number of nitrogens with zero attached hydrogens (tertiary/aromatic N) is 2. The lowest BCUT2D eigenvalue weighted by Gasteiger charge is -2.11. The highest BCUT2D eigenvalue weighted by atomic mass is 16.5. The van der Waals surface area contributed by atoms with Crippen molar-refractivity contribution in [2.45, 2.75) is 18.9 Å². The highest BCUT2D eigenvalue weighted by Crippen LogP contribution is 2.34. The molecule has 1 aromatic carbocycles. The summed E-state index contributed by atoms with van der Waals surface area (Å²) in [5, 5.41) is 9.04. The summed E-state index contributed by atoms with van der Waals surface area (Å²) >= 11 is 0. The van der Waals surface area contributed by atoms with E-state index in [0.29, 0.717) is 11.4 Å². The molecule has 1 fully saturated rings. The summed E-state index contributed by atoms with van der Waals surface area (Å²) < 4.78 is 5.77. The van der Waals surface area contributed by atoms with Gasteiger partial charge in [-0.2, -0.15) is 0 Å². The van der Waals surface area contributed by atoms with Crippen molar-refractivity contribution in [3.63, 3.8) is 0 Å². The van der Waals surface area contributed by atoms with Gasteiger partial charge in [0.1, 0.15) is 5.75 Å². The molecule has 0 saturated heterocycles. The van der Waals surface area contributed by atoms with Crippen molar-refractivity contribution < 1.29 is 14.6 Å². The predicted molar refractivity (Wildman–Crippen MR) is 68.1 cm³/mol. The maximum atomic E-state index is 11.0. The van der Waals surface area contributed by atoms with Crippen molar-refractivity contribution in [1.29, 1.82) is 0 Å². The van der Waals surface area contributed by atoms with E-state index in [-0.39, 0.29) is 11.7 Å². The summed E-state index contributed by atoms with van der Waals surface area (Å²) in [5.74, 6) is -0.408. The van der Waals surface area contributed by atoms with Crippen LogP contribution in [-0.4, -0.2) is 27.1 Å². The largest absolute Gasteiger partial charge is 0.490 e. The number of rotatable bonds is 4. The molecular formula is C14H12N2O3. The van der Waals surface area contributed by atoms with E-state index in [4.69, 9.17) is 9.84 Å². The third-order valence-corrected chi connectivity index (χ3v) is 2.89. The van der Waals surface area contributed by atoms with Crippen LogP contribution in [0.4, 0.5) is 0 Å². The molecule has 1 aliphatic rings. The Morgan fingerprint density at radius 2 is 2.16 bits per heavy atom. The second kappa shape index (κ2) is 4.68. The van der Waals surface area contributed by atoms with Gasteiger partial charge in [-0.15, -0.1) is 0 Å². The minimum atomic E-state index is -0.966. The van der Waals surface area contributed by atoms with Crippen LogP contribution in [0, 0.1) is 0 Å². The zero-order valence-corrected chi connectivity index (χ0v) is 10.1. The van der Waals surface area contributed by atoms with Crippen molar-refractivity contribution in [2.24, 2.45) is 0 Å². The molecular weight excluding hydrogens is 244 g/mol. The first-order chi connectivity index (χ1) is 9.24. The van der Waals surface area contributed by atoms with E-state index >= 15 is 0 Å². The number of benzene rings is 1. The summed E-state index contributed by atoms with van der Waals surface area (Å²) in [6, 6.07) is 4.81. The first kappa shape index (κ1) is 11.6. The van der Waals surface area contributed by atoms with Crippen molar-refractivity contribution >= 4 is 5.97 Å². The van der Waals surface area contributed by atoms with Crippen molar-refractivity contribution in [1.82, 2.24) is 9.97 Å². The SMILES string of the molecule is O=C(O)c1ccc(-c2cnccn2)c(OC2CC2)c1. The summed E-state index contributed by atoms with van der Waals surface area (Å²) in [4.78, 5) is 19.3. The number of hydrogen-bond acceptors (Lipinski definition) is 4. The molecule has 0 amide bonds. The van der Waals surface area contributed by atoms with Crippen molar-refractivity contribution in [2.75, 3.05) is 0 Å². The van der Waals surface area contributed by atoms with Gasteiger partial charge in [0.25, 0.3) is 0 Å². The Hall–Kier alpha value is -2.43. The van der Waals surface area contributed by atoms with Gasteiger partial charge in [-0.3, -0.25) is 9.97 Å². The predicted octanol–water partition coefficient (Wildman–Crippen LogP) is 2.38. The zero-order valence-electron chi connectivity index (χ0n) is 10.1. The van der Waals surface area contributed by atoms with E-state index in [1.165, 1.54) is 0 Å². The summed E-state index contributed by atoms with van der Waals surface area (Å²) in [6.07, 6.45) is 7.04. The molecule has 1 heterocycles. The smallest absolute Gasteiger partial charge is 0.335 e. The number of carbonyl (C=O) groups is 1. The number of carboxylic acids is 1. The van der Waals surface area contributed by atoms with Gasteiger partial charge >= 0.3 is 5.97 Å². The molecule has 3 rings (SSSR count). The molecule has 19 heavy (non-hydrogen) atoms. The lowest BCUT2D eigenvalue weighted by molar-refractivity contribution is 0.0696. The molecule has 0 bridgehead atoms. The van der Waals surface area contributed by atoms with E-state index in [1.807, 2.05) is 0 Å². The van der Waals surface area contributed by atoms with Gasteiger partial charge in [0.15, 0.2) is 0 Å². The van der Waals surface area contributed by atoms with Crippen LogP contribution in [-0.2, 0) is 0 Å². The monoisotopic (exact) mass is 256 g/mol. The van der Waals surface area contributed by atoms with Crippen molar-refractivity contribution in [3.8, 4) is 17.0 Å². The fraction of sp³-hybridized carbons (Fsp3) is 0.214. The lowest BCUT2D eigenvalue weighted by Crippen LogP contribution is -2.02. The molecule has 0 unspecified atom stereocenters. The zero-order chi connectivity index (χ0) is 13.2. The maximum Gasteiger partial charge on any atom is 0.335 e. The van der Waals surface area contributed by atoms with E-state index in [0.717, 1.165) is 18.4 Å². The average molecular weight is 256 g/mol. The normalized spacial score (nSPS) is 14.1. The molecule has 1 aliphatic carbocycles. The molecule has 5 nitrogen and oxygen atoms in total. The Kier molecular flexibility index (Phi) is 2.87. The van der Waals surface area contributed by atoms with Crippen LogP contribution in [0.25, 0.3) is 11.3 Å². The molecule has 5 heteroatoms. The molecule has 0 aliphatic heterocycles. The Bertz CT molecular complexity index is 609. The molecule has 0 spiro atoms. The summed E-state index contributed by atoms with van der Waals surface area (Å²) in [6.45, 7) is 0. The standard InChI is InChI=1S/C14H12N2O3/c17-14(18)9-1-4-11(12-8-15-5-6-16-12)13(7-9)19-10-2-3-10/h1,4-8,10H,2-3H2,(H,17,18). The second-order valence-electron chi connectivity index (χ2n) is 4.42. The minimum absolute atomic E-state index is 0.194. The van der Waals surface area contributed by atoms with Gasteiger partial charge in [0, 0.05) is 18.0 Å². The van der Waals surface area contributed by atoms with E-state index < -0.39 is 5.97 Å². The second-order valence-corrected chi connectivity index (χ2v) is 4.42. The highest BCUT2D eigenvalue weighted by molar-refractivity contribution is 5.89. The number of aromatic nitrogens is 2. The number of ether oxygens (including phenoxy) is 1. The number of aromatic carboxylic acids is 1. The van der Waals surface area contributed by atoms with Gasteiger partial charge in [-0.25, -0.2) is 4.79 Å². The van der Waals surface area contributed by atoms with Crippen LogP contribution in [0.5, 0.6) is 5.75 Å². The lowest BCUT2D eigenvalue weighted by atomic mass is 10.1. The number of hydrogen-bond donors (Lipinski definition) is 1. The van der Waals surface area contributed by atoms with E-state index in [1.54, 1.807) is 36.8 Å². The van der Waals surface area contributed by atoms with Crippen LogP contribution < -0.4 is 4.74 Å². The van der Waals surface area contributed by atoms with Gasteiger partial charge in [-0.05, 0) is 31.0 Å². The van der Waals surface area contributed by atoms with E-state index in [2.05, 4.69) is 9.97 Å².